The standard InChI is InChI=1S/C8H8N2O4/c1-2-5-14-7(12)4-3-6(11)10-8(9)13/h1,3-4H,5H2,(H3,9,10,11,13). The van der Waals surface area contributed by atoms with E-state index in [4.69, 9.17) is 6.42 Å². The van der Waals surface area contributed by atoms with Crippen LogP contribution in [0, 0.1) is 12.3 Å². The van der Waals surface area contributed by atoms with Gasteiger partial charge >= 0.3 is 12.0 Å². The van der Waals surface area contributed by atoms with E-state index in [1.807, 2.05) is 0 Å². The van der Waals surface area contributed by atoms with Crippen molar-refractivity contribution >= 4 is 17.9 Å². The highest BCUT2D eigenvalue weighted by Crippen LogP contribution is 1.81. The lowest BCUT2D eigenvalue weighted by Gasteiger charge is -1.94. The van der Waals surface area contributed by atoms with Gasteiger partial charge in [-0.1, -0.05) is 5.92 Å². The number of imide groups is 1. The maximum atomic E-state index is 10.7. The Hall–Kier alpha value is -2.29. The molecule has 0 fully saturated rings. The normalized spacial score (nSPS) is 9.07. The van der Waals surface area contributed by atoms with Crippen LogP contribution in [0.4, 0.5) is 4.79 Å². The van der Waals surface area contributed by atoms with Crippen LogP contribution in [0.2, 0.25) is 0 Å². The molecule has 0 rings (SSSR count). The molecule has 6 nitrogen and oxygen atoms in total. The van der Waals surface area contributed by atoms with E-state index in [-0.39, 0.29) is 6.61 Å². The molecule has 6 heteroatoms. The molecule has 0 spiro atoms. The number of carbonyl (C=O) groups is 3. The second kappa shape index (κ2) is 6.25. The number of nitrogens with two attached hydrogens (primary N) is 1. The number of urea groups is 1. The first-order valence-corrected chi connectivity index (χ1v) is 3.45. The van der Waals surface area contributed by atoms with Crippen molar-refractivity contribution in [3.05, 3.63) is 12.2 Å². The number of amides is 3. The molecule has 0 aromatic carbocycles. The zero-order chi connectivity index (χ0) is 11.0. The summed E-state index contributed by atoms with van der Waals surface area (Å²) in [4.78, 5) is 31.5. The van der Waals surface area contributed by atoms with Gasteiger partial charge in [-0.15, -0.1) is 6.42 Å². The van der Waals surface area contributed by atoms with Gasteiger partial charge in [0.1, 0.15) is 0 Å². The van der Waals surface area contributed by atoms with Gasteiger partial charge in [0.15, 0.2) is 6.61 Å². The summed E-state index contributed by atoms with van der Waals surface area (Å²) < 4.78 is 4.39. The number of nitrogens with one attached hydrogen (secondary N) is 1. The van der Waals surface area contributed by atoms with Crippen molar-refractivity contribution in [2.24, 2.45) is 5.73 Å². The molecule has 0 radical (unpaired) electrons. The SMILES string of the molecule is C#CCOC(=O)C=CC(=O)NC(N)=O. The minimum atomic E-state index is -1.00. The minimum Gasteiger partial charge on any atom is -0.449 e. The molecule has 0 aromatic rings. The summed E-state index contributed by atoms with van der Waals surface area (Å²) in [5.74, 6) is 0.481. The van der Waals surface area contributed by atoms with E-state index in [1.165, 1.54) is 0 Å². The number of carbonyl (C=O) groups excluding carboxylic acids is 3. The van der Waals surface area contributed by atoms with E-state index < -0.39 is 17.9 Å². The molecule has 0 heterocycles. The minimum absolute atomic E-state index is 0.180. The van der Waals surface area contributed by atoms with Crippen LogP contribution < -0.4 is 11.1 Å². The third-order valence-corrected chi connectivity index (χ3v) is 0.915. The van der Waals surface area contributed by atoms with Gasteiger partial charge in [-0.2, -0.15) is 0 Å². The predicted octanol–water partition coefficient (Wildman–Crippen LogP) is -1.09. The van der Waals surface area contributed by atoms with Gasteiger partial charge in [0.25, 0.3) is 5.91 Å². The van der Waals surface area contributed by atoms with Crippen LogP contribution in [0.3, 0.4) is 0 Å². The van der Waals surface area contributed by atoms with Gasteiger partial charge in [-0.3, -0.25) is 10.1 Å². The van der Waals surface area contributed by atoms with Crippen molar-refractivity contribution < 1.29 is 19.1 Å². The molecule has 14 heavy (non-hydrogen) atoms. The lowest BCUT2D eigenvalue weighted by Crippen LogP contribution is -2.33. The van der Waals surface area contributed by atoms with Gasteiger partial charge in [0.05, 0.1) is 0 Å². The Morgan fingerprint density at radius 2 is 2.07 bits per heavy atom. The Morgan fingerprint density at radius 1 is 1.43 bits per heavy atom. The van der Waals surface area contributed by atoms with E-state index in [2.05, 4.69) is 16.4 Å². The first kappa shape index (κ1) is 11.7. The van der Waals surface area contributed by atoms with Crippen molar-refractivity contribution in [3.8, 4) is 12.3 Å². The topological polar surface area (TPSA) is 98.5 Å². The molecule has 3 amide bonds. The first-order chi connectivity index (χ1) is 6.56. The number of ether oxygens (including phenoxy) is 1. The highest BCUT2D eigenvalue weighted by molar-refractivity contribution is 6.02. The van der Waals surface area contributed by atoms with Crippen LogP contribution in [0.25, 0.3) is 0 Å². The van der Waals surface area contributed by atoms with Crippen molar-refractivity contribution in [2.75, 3.05) is 6.61 Å². The molecule has 0 bridgehead atoms. The average Bonchev–Trinajstić information content (AvgIpc) is 2.10. The summed E-state index contributed by atoms with van der Waals surface area (Å²) in [5, 5.41) is 1.72. The number of esters is 1. The molecule has 74 valence electrons. The average molecular weight is 196 g/mol. The van der Waals surface area contributed by atoms with Crippen molar-refractivity contribution in [1.82, 2.24) is 5.32 Å². The quantitative estimate of drug-likeness (QED) is 0.340. The third kappa shape index (κ3) is 6.42. The summed E-state index contributed by atoms with van der Waals surface area (Å²) in [6.07, 6.45) is 6.44. The molecule has 0 saturated carbocycles. The van der Waals surface area contributed by atoms with E-state index in [0.717, 1.165) is 12.2 Å². The van der Waals surface area contributed by atoms with Crippen LogP contribution >= 0.6 is 0 Å². The Bertz CT molecular complexity index is 314. The molecule has 0 aliphatic rings. The lowest BCUT2D eigenvalue weighted by atomic mass is 10.4. The lowest BCUT2D eigenvalue weighted by molar-refractivity contribution is -0.136. The van der Waals surface area contributed by atoms with Crippen molar-refractivity contribution in [3.63, 3.8) is 0 Å². The smallest absolute Gasteiger partial charge is 0.331 e. The Balaban J connectivity index is 3.92. The molecule has 0 aliphatic heterocycles. The fourth-order valence-corrected chi connectivity index (χ4v) is 0.468. The first-order valence-electron chi connectivity index (χ1n) is 3.45. The summed E-state index contributed by atoms with van der Waals surface area (Å²) in [7, 11) is 0. The summed E-state index contributed by atoms with van der Waals surface area (Å²) >= 11 is 0. The summed E-state index contributed by atoms with van der Waals surface area (Å²) in [6, 6.07) is -1.00. The highest BCUT2D eigenvalue weighted by atomic mass is 16.5. The van der Waals surface area contributed by atoms with E-state index >= 15 is 0 Å². The Kier molecular flexibility index (Phi) is 5.23. The van der Waals surface area contributed by atoms with Crippen LogP contribution in [-0.4, -0.2) is 24.5 Å². The van der Waals surface area contributed by atoms with E-state index in [1.54, 1.807) is 5.32 Å². The van der Waals surface area contributed by atoms with Crippen LogP contribution in [-0.2, 0) is 14.3 Å². The maximum absolute atomic E-state index is 10.7. The van der Waals surface area contributed by atoms with Gasteiger partial charge in [-0.25, -0.2) is 9.59 Å². The number of hydrogen-bond acceptors (Lipinski definition) is 4. The third-order valence-electron chi connectivity index (χ3n) is 0.915. The van der Waals surface area contributed by atoms with Gasteiger partial charge in [-0.05, 0) is 0 Å². The molecule has 3 N–H and O–H groups in total. The van der Waals surface area contributed by atoms with Crippen LogP contribution in [0.1, 0.15) is 0 Å². The van der Waals surface area contributed by atoms with Crippen molar-refractivity contribution in [1.29, 1.82) is 0 Å². The fourth-order valence-electron chi connectivity index (χ4n) is 0.468. The van der Waals surface area contributed by atoms with Crippen LogP contribution in [0.5, 0.6) is 0 Å². The van der Waals surface area contributed by atoms with Gasteiger partial charge < -0.3 is 10.5 Å². The van der Waals surface area contributed by atoms with E-state index in [0.29, 0.717) is 0 Å². The highest BCUT2D eigenvalue weighted by Gasteiger charge is 2.00. The molecule has 0 saturated heterocycles. The predicted molar refractivity (Wildman–Crippen MR) is 46.7 cm³/mol. The van der Waals surface area contributed by atoms with Gasteiger partial charge in [0.2, 0.25) is 0 Å². The molecular weight excluding hydrogens is 188 g/mol. The fraction of sp³-hybridized carbons (Fsp3) is 0.125. The molecule has 0 unspecified atom stereocenters. The Labute approximate surface area is 80.1 Å². The van der Waals surface area contributed by atoms with Crippen LogP contribution in [0.15, 0.2) is 12.2 Å². The molecule has 0 atom stereocenters. The zero-order valence-corrected chi connectivity index (χ0v) is 7.15. The van der Waals surface area contributed by atoms with Gasteiger partial charge in [0, 0.05) is 12.2 Å². The maximum Gasteiger partial charge on any atom is 0.331 e. The van der Waals surface area contributed by atoms with Crippen molar-refractivity contribution in [2.45, 2.75) is 0 Å². The summed E-state index contributed by atoms with van der Waals surface area (Å²) in [5.41, 5.74) is 4.63. The number of terminal acetylenes is 1. The number of rotatable bonds is 3. The summed E-state index contributed by atoms with van der Waals surface area (Å²) in [6.45, 7) is -0.180. The molecule has 0 aliphatic carbocycles. The molecule has 0 aromatic heterocycles. The number of primary amides is 1. The second-order valence-corrected chi connectivity index (χ2v) is 2.00. The Morgan fingerprint density at radius 3 is 2.57 bits per heavy atom. The largest absolute Gasteiger partial charge is 0.449 e. The number of hydrogen-bond donors (Lipinski definition) is 2. The van der Waals surface area contributed by atoms with E-state index in [9.17, 15) is 14.4 Å². The second-order valence-electron chi connectivity index (χ2n) is 2.00. The zero-order valence-electron chi connectivity index (χ0n) is 7.15. The molecular formula is C8H8N2O4. The monoisotopic (exact) mass is 196 g/mol.